The van der Waals surface area contributed by atoms with Crippen LogP contribution in [-0.4, -0.2) is 39.4 Å². The fraction of sp³-hybridized carbons (Fsp3) is 0.300. The van der Waals surface area contributed by atoms with Gasteiger partial charge in [-0.05, 0) is 32.0 Å². The van der Waals surface area contributed by atoms with E-state index < -0.39 is 6.61 Å². The molecule has 0 radical (unpaired) electrons. The second-order valence-corrected chi connectivity index (χ2v) is 6.64. The van der Waals surface area contributed by atoms with E-state index in [1.54, 1.807) is 27.9 Å². The van der Waals surface area contributed by atoms with Gasteiger partial charge >= 0.3 is 6.61 Å². The number of hydrogen-bond acceptors (Lipinski definition) is 6. The van der Waals surface area contributed by atoms with Gasteiger partial charge < -0.3 is 9.47 Å². The number of halogens is 2. The van der Waals surface area contributed by atoms with Gasteiger partial charge in [-0.2, -0.15) is 13.9 Å². The van der Waals surface area contributed by atoms with Crippen LogP contribution in [0.1, 0.15) is 35.9 Å². The molecule has 1 atom stereocenters. The van der Waals surface area contributed by atoms with E-state index in [-0.39, 0.29) is 23.6 Å². The van der Waals surface area contributed by atoms with Gasteiger partial charge in [-0.15, -0.1) is 0 Å². The molecule has 0 bridgehead atoms. The largest absolute Gasteiger partial charge is 0.478 e. The van der Waals surface area contributed by atoms with Gasteiger partial charge in [-0.25, -0.2) is 9.97 Å². The van der Waals surface area contributed by atoms with Gasteiger partial charge in [0.25, 0.3) is 11.8 Å². The zero-order valence-corrected chi connectivity index (χ0v) is 16.5. The molecule has 3 aromatic rings. The number of methoxy groups -OCH3 is 1. The number of carbonyl (C=O) groups is 1. The second kappa shape index (κ2) is 7.69. The van der Waals surface area contributed by atoms with Gasteiger partial charge in [-0.1, -0.05) is 0 Å². The van der Waals surface area contributed by atoms with E-state index in [2.05, 4.69) is 19.8 Å². The number of carbonyl (C=O) groups excluding carboxylic acids is 1. The molecule has 8 nitrogen and oxygen atoms in total. The molecule has 0 fully saturated rings. The molecule has 0 aromatic carbocycles. The number of rotatable bonds is 6. The van der Waals surface area contributed by atoms with E-state index in [4.69, 9.17) is 4.74 Å². The predicted octanol–water partition coefficient (Wildman–Crippen LogP) is 3.69. The Morgan fingerprint density at radius 1 is 1.27 bits per heavy atom. The monoisotopic (exact) mass is 415 g/mol. The molecule has 0 N–H and O–H groups in total. The zero-order chi connectivity index (χ0) is 21.4. The number of alkyl halides is 2. The molecule has 1 aliphatic heterocycles. The number of pyridine rings is 2. The standard InChI is InChI=1S/C20H19F2N5O3/c1-4-26-10-13(9-24-26)27-11(2)17-14(19(27)28)5-6-15(25-17)12-7-16(30-20(21)22)18(29-3)23-8-12/h5-11,20H,4H2,1-3H3/t11-/m0/s1. The third kappa shape index (κ3) is 3.34. The Kier molecular flexibility index (Phi) is 5.06. The summed E-state index contributed by atoms with van der Waals surface area (Å²) in [6.07, 6.45) is 4.91. The lowest BCUT2D eigenvalue weighted by Gasteiger charge is -2.19. The number of aromatic nitrogens is 4. The maximum Gasteiger partial charge on any atom is 0.387 e. The van der Waals surface area contributed by atoms with Crippen LogP contribution < -0.4 is 14.4 Å². The van der Waals surface area contributed by atoms with Crippen molar-refractivity contribution in [2.24, 2.45) is 0 Å². The van der Waals surface area contributed by atoms with E-state index >= 15 is 0 Å². The zero-order valence-electron chi connectivity index (χ0n) is 16.5. The molecule has 1 aliphatic rings. The average molecular weight is 415 g/mol. The molecular formula is C20H19F2N5O3. The molecular weight excluding hydrogens is 396 g/mol. The minimum Gasteiger partial charge on any atom is -0.478 e. The first-order valence-electron chi connectivity index (χ1n) is 9.29. The van der Waals surface area contributed by atoms with Crippen molar-refractivity contribution < 1.29 is 23.0 Å². The third-order valence-electron chi connectivity index (χ3n) is 4.90. The highest BCUT2D eigenvalue weighted by atomic mass is 19.3. The summed E-state index contributed by atoms with van der Waals surface area (Å²) in [4.78, 5) is 23.2. The minimum absolute atomic E-state index is 0.0529. The Morgan fingerprint density at radius 3 is 2.73 bits per heavy atom. The van der Waals surface area contributed by atoms with Gasteiger partial charge in [-0.3, -0.25) is 14.4 Å². The third-order valence-corrected chi connectivity index (χ3v) is 4.90. The Bertz CT molecular complexity index is 1100. The lowest BCUT2D eigenvalue weighted by atomic mass is 10.1. The van der Waals surface area contributed by atoms with E-state index in [1.807, 2.05) is 20.0 Å². The van der Waals surface area contributed by atoms with E-state index in [0.717, 1.165) is 0 Å². The Labute approximate surface area is 171 Å². The molecule has 10 heteroatoms. The fourth-order valence-electron chi connectivity index (χ4n) is 3.46. The number of hydrogen-bond donors (Lipinski definition) is 0. The molecule has 1 amide bonds. The fourth-order valence-corrected chi connectivity index (χ4v) is 3.46. The second-order valence-electron chi connectivity index (χ2n) is 6.64. The van der Waals surface area contributed by atoms with Gasteiger partial charge in [0.15, 0.2) is 5.75 Å². The first-order valence-corrected chi connectivity index (χ1v) is 9.29. The Balaban J connectivity index is 1.70. The van der Waals surface area contributed by atoms with Crippen LogP contribution >= 0.6 is 0 Å². The Morgan fingerprint density at radius 2 is 2.07 bits per heavy atom. The van der Waals surface area contributed by atoms with Gasteiger partial charge in [0.2, 0.25) is 0 Å². The molecule has 4 rings (SSSR count). The van der Waals surface area contributed by atoms with Crippen molar-refractivity contribution in [3.63, 3.8) is 0 Å². The van der Waals surface area contributed by atoms with Crippen LogP contribution in [0.3, 0.4) is 0 Å². The van der Waals surface area contributed by atoms with Crippen LogP contribution in [0.5, 0.6) is 11.6 Å². The van der Waals surface area contributed by atoms with Crippen LogP contribution in [-0.2, 0) is 6.54 Å². The smallest absolute Gasteiger partial charge is 0.387 e. The van der Waals surface area contributed by atoms with E-state index in [9.17, 15) is 13.6 Å². The van der Waals surface area contributed by atoms with Crippen LogP contribution in [0.15, 0.2) is 36.8 Å². The summed E-state index contributed by atoms with van der Waals surface area (Å²) in [5.41, 5.74) is 2.71. The van der Waals surface area contributed by atoms with Gasteiger partial charge in [0, 0.05) is 24.5 Å². The number of amides is 1. The quantitative estimate of drug-likeness (QED) is 0.611. The van der Waals surface area contributed by atoms with Gasteiger partial charge in [0.1, 0.15) is 0 Å². The summed E-state index contributed by atoms with van der Waals surface area (Å²) in [5.74, 6) is -0.408. The van der Waals surface area contributed by atoms with Crippen LogP contribution in [0.4, 0.5) is 14.5 Å². The molecule has 3 aromatic heterocycles. The highest BCUT2D eigenvalue weighted by molar-refractivity contribution is 6.10. The minimum atomic E-state index is -3.01. The van der Waals surface area contributed by atoms with Crippen molar-refractivity contribution >= 4 is 11.6 Å². The lowest BCUT2D eigenvalue weighted by Crippen LogP contribution is -2.25. The first-order chi connectivity index (χ1) is 14.4. The van der Waals surface area contributed by atoms with E-state index in [1.165, 1.54) is 19.4 Å². The van der Waals surface area contributed by atoms with E-state index in [0.29, 0.717) is 34.7 Å². The molecule has 0 saturated heterocycles. The number of ether oxygens (including phenoxy) is 2. The van der Waals surface area contributed by atoms with Crippen molar-refractivity contribution in [3.05, 3.63) is 48.0 Å². The summed E-state index contributed by atoms with van der Waals surface area (Å²) in [6.45, 7) is 1.52. The topological polar surface area (TPSA) is 82.4 Å². The number of anilines is 1. The Hall–Kier alpha value is -3.56. The molecule has 4 heterocycles. The highest BCUT2D eigenvalue weighted by Gasteiger charge is 2.37. The van der Waals surface area contributed by atoms with Crippen LogP contribution in [0.2, 0.25) is 0 Å². The number of fused-ring (bicyclic) bond motifs is 1. The molecule has 0 spiro atoms. The maximum absolute atomic E-state index is 12.9. The van der Waals surface area contributed by atoms with Crippen molar-refractivity contribution in [2.75, 3.05) is 12.0 Å². The van der Waals surface area contributed by atoms with Crippen molar-refractivity contribution in [1.29, 1.82) is 0 Å². The van der Waals surface area contributed by atoms with Crippen LogP contribution in [0.25, 0.3) is 11.3 Å². The predicted molar refractivity (Wildman–Crippen MR) is 104 cm³/mol. The summed E-state index contributed by atoms with van der Waals surface area (Å²) < 4.78 is 36.6. The SMILES string of the molecule is CCn1cc(N2C(=O)c3ccc(-c4cnc(OC)c(OC(F)F)c4)nc3[C@@H]2C)cn1. The highest BCUT2D eigenvalue weighted by Crippen LogP contribution is 2.38. The molecule has 30 heavy (non-hydrogen) atoms. The lowest BCUT2D eigenvalue weighted by molar-refractivity contribution is -0.0515. The summed E-state index contributed by atoms with van der Waals surface area (Å²) in [7, 11) is 1.32. The summed E-state index contributed by atoms with van der Waals surface area (Å²) >= 11 is 0. The normalized spacial score (nSPS) is 15.6. The summed E-state index contributed by atoms with van der Waals surface area (Å²) in [5, 5.41) is 4.23. The molecule has 156 valence electrons. The van der Waals surface area contributed by atoms with Crippen molar-refractivity contribution in [3.8, 4) is 22.9 Å². The van der Waals surface area contributed by atoms with Gasteiger partial charge in [0.05, 0.1) is 42.0 Å². The molecule has 0 aliphatic carbocycles. The first kappa shape index (κ1) is 19.7. The average Bonchev–Trinajstić information content (AvgIpc) is 3.30. The van der Waals surface area contributed by atoms with Crippen molar-refractivity contribution in [2.45, 2.75) is 33.0 Å². The number of aryl methyl sites for hydroxylation is 1. The maximum atomic E-state index is 12.9. The molecule has 0 unspecified atom stereocenters. The number of nitrogens with zero attached hydrogens (tertiary/aromatic N) is 5. The summed E-state index contributed by atoms with van der Waals surface area (Å²) in [6, 6.07) is 4.40. The molecule has 0 saturated carbocycles. The van der Waals surface area contributed by atoms with Crippen LogP contribution in [0, 0.1) is 0 Å². The van der Waals surface area contributed by atoms with Crippen molar-refractivity contribution in [1.82, 2.24) is 19.7 Å².